The Kier molecular flexibility index (Phi) is 15.8. The SMILES string of the molecule is CCNc1nc(N(C(=O)OCOC(=O)Cc2ccc(OP(=O)(OCc3ccccc3)OCc3ccccc3)cc2)c2cc(C#N)cc(N3CCN(C(C)C(N)=O)CC3)c2Cl)nn2c(C#N)cnc12. The van der Waals surface area contributed by atoms with E-state index in [9.17, 15) is 29.5 Å². The van der Waals surface area contributed by atoms with Gasteiger partial charge in [-0.3, -0.25) is 23.5 Å². The van der Waals surface area contributed by atoms with Gasteiger partial charge in [0.05, 0.1) is 59.9 Å². The molecule has 1 unspecified atom stereocenters. The fourth-order valence-electron chi connectivity index (χ4n) is 6.97. The summed E-state index contributed by atoms with van der Waals surface area (Å²) >= 11 is 7.11. The fourth-order valence-corrected chi connectivity index (χ4v) is 8.45. The maximum Gasteiger partial charge on any atom is 0.530 e. The molecule has 2 amide bonds. The van der Waals surface area contributed by atoms with E-state index in [0.29, 0.717) is 44.0 Å². The molecule has 1 aliphatic heterocycles. The summed E-state index contributed by atoms with van der Waals surface area (Å²) in [7, 11) is -4.16. The highest BCUT2D eigenvalue weighted by Gasteiger charge is 2.33. The largest absolute Gasteiger partial charge is 0.530 e. The van der Waals surface area contributed by atoms with Crippen LogP contribution in [0.25, 0.3) is 5.65 Å². The van der Waals surface area contributed by atoms with Crippen molar-refractivity contribution in [3.8, 4) is 17.9 Å². The van der Waals surface area contributed by atoms with Crippen LogP contribution >= 0.6 is 19.4 Å². The lowest BCUT2D eigenvalue weighted by molar-refractivity contribution is -0.150. The van der Waals surface area contributed by atoms with Gasteiger partial charge in [-0.05, 0) is 54.8 Å². The predicted octanol–water partition coefficient (Wildman–Crippen LogP) is 6.89. The number of carbonyl (C=O) groups excluding carboxylic acids is 3. The summed E-state index contributed by atoms with van der Waals surface area (Å²) in [4.78, 5) is 52.8. The minimum absolute atomic E-state index is 0.0171. The molecule has 3 heterocycles. The highest BCUT2D eigenvalue weighted by molar-refractivity contribution is 7.48. The van der Waals surface area contributed by atoms with Crippen molar-refractivity contribution >= 4 is 66.2 Å². The Morgan fingerprint density at radius 2 is 1.54 bits per heavy atom. The monoisotopic (exact) mass is 961 g/mol. The Labute approximate surface area is 395 Å². The summed E-state index contributed by atoms with van der Waals surface area (Å²) in [6, 6.07) is 30.9. The number of carbonyl (C=O) groups is 3. The zero-order valence-electron chi connectivity index (χ0n) is 36.9. The van der Waals surface area contributed by atoms with E-state index < -0.39 is 38.6 Å². The number of esters is 1. The molecule has 350 valence electrons. The number of rotatable bonds is 19. The standard InChI is InChI=1S/C46H45ClN11O9P/c1-3-51-43-44-52-27-36(26-49)58(44)54-45(53-43)57(39-23-35(25-48)22-38(41(39)47)56-20-18-55(19-21-56)31(2)42(50)60)46(61)64-30-63-40(59)24-32-14-16-37(17-15-32)67-68(62,65-28-33-10-6-4-7-11-33)66-29-34-12-8-5-9-13-34/h4-17,22-23,27,31H,3,18-21,24,28-30H2,1-2H3,(H2,50,60)(H,51,53,54). The maximum atomic E-state index is 14.3. The number of anilines is 4. The average Bonchev–Trinajstić information content (AvgIpc) is 3.78. The van der Waals surface area contributed by atoms with Crippen LogP contribution in [-0.4, -0.2) is 88.0 Å². The van der Waals surface area contributed by atoms with E-state index in [2.05, 4.69) is 26.5 Å². The van der Waals surface area contributed by atoms with Crippen molar-refractivity contribution in [2.45, 2.75) is 39.5 Å². The summed E-state index contributed by atoms with van der Waals surface area (Å²) < 4.78 is 43.1. The number of hydrogen-bond acceptors (Lipinski definition) is 17. The van der Waals surface area contributed by atoms with E-state index in [1.54, 1.807) is 25.1 Å². The number of fused-ring (bicyclic) bond motifs is 1. The molecular weight excluding hydrogens is 917 g/mol. The number of imidazole rings is 1. The molecule has 2 aromatic heterocycles. The smallest absolute Gasteiger partial charge is 0.428 e. The van der Waals surface area contributed by atoms with Gasteiger partial charge in [-0.2, -0.15) is 20.0 Å². The van der Waals surface area contributed by atoms with Crippen LogP contribution in [-0.2, 0) is 52.3 Å². The molecule has 0 radical (unpaired) electrons. The molecule has 0 saturated carbocycles. The normalized spacial score (nSPS) is 13.2. The molecule has 1 saturated heterocycles. The molecule has 22 heteroatoms. The van der Waals surface area contributed by atoms with E-state index in [1.807, 2.05) is 83.5 Å². The molecule has 7 rings (SSSR count). The van der Waals surface area contributed by atoms with Crippen LogP contribution in [0.5, 0.6) is 5.75 Å². The van der Waals surface area contributed by atoms with E-state index in [1.165, 1.54) is 28.9 Å². The lowest BCUT2D eigenvalue weighted by Crippen LogP contribution is -2.53. The lowest BCUT2D eigenvalue weighted by Gasteiger charge is -2.38. The number of nitrogens with one attached hydrogen (secondary N) is 1. The Morgan fingerprint density at radius 1 is 0.897 bits per heavy atom. The summed E-state index contributed by atoms with van der Waals surface area (Å²) in [6.07, 6.45) is -0.127. The second-order valence-electron chi connectivity index (χ2n) is 15.1. The van der Waals surface area contributed by atoms with Gasteiger partial charge in [-0.1, -0.05) is 84.4 Å². The van der Waals surface area contributed by atoms with Gasteiger partial charge >= 0.3 is 19.9 Å². The van der Waals surface area contributed by atoms with Crippen LogP contribution in [0.3, 0.4) is 0 Å². The first-order chi connectivity index (χ1) is 32.9. The number of aromatic nitrogens is 4. The molecule has 3 N–H and O–H groups in total. The van der Waals surface area contributed by atoms with Crippen LogP contribution in [0.1, 0.15) is 41.8 Å². The number of primary amides is 1. The van der Waals surface area contributed by atoms with E-state index in [-0.39, 0.29) is 64.8 Å². The molecule has 0 bridgehead atoms. The van der Waals surface area contributed by atoms with Crippen LogP contribution < -0.4 is 25.4 Å². The third-order valence-electron chi connectivity index (χ3n) is 10.6. The fraction of sp³-hybridized carbons (Fsp3) is 0.261. The van der Waals surface area contributed by atoms with Gasteiger partial charge in [0.15, 0.2) is 17.2 Å². The number of nitrogens with zero attached hydrogens (tertiary/aromatic N) is 9. The Hall–Kier alpha value is -7.58. The predicted molar refractivity (Wildman–Crippen MR) is 249 cm³/mol. The molecule has 4 aromatic carbocycles. The summed E-state index contributed by atoms with van der Waals surface area (Å²) in [5, 5.41) is 27.6. The lowest BCUT2D eigenvalue weighted by atomic mass is 10.1. The molecule has 1 aliphatic rings. The minimum Gasteiger partial charge on any atom is -0.428 e. The number of nitriles is 2. The van der Waals surface area contributed by atoms with Gasteiger partial charge < -0.3 is 29.9 Å². The molecule has 20 nitrogen and oxygen atoms in total. The van der Waals surface area contributed by atoms with Gasteiger partial charge in [-0.15, -0.1) is 5.10 Å². The minimum atomic E-state index is -4.16. The number of benzene rings is 4. The molecule has 0 aliphatic carbocycles. The van der Waals surface area contributed by atoms with Gasteiger partial charge in [0.1, 0.15) is 11.8 Å². The van der Waals surface area contributed by atoms with Crippen molar-refractivity contribution in [1.82, 2.24) is 24.5 Å². The topological polar surface area (TPSA) is 253 Å². The van der Waals surface area contributed by atoms with Crippen LogP contribution in [0.15, 0.2) is 103 Å². The third-order valence-corrected chi connectivity index (χ3v) is 12.3. The second-order valence-corrected chi connectivity index (χ2v) is 17.1. The second kappa shape index (κ2) is 22.3. The van der Waals surface area contributed by atoms with Crippen molar-refractivity contribution in [2.75, 3.05) is 54.6 Å². The van der Waals surface area contributed by atoms with Gasteiger partial charge in [0, 0.05) is 32.7 Å². The number of nitrogens with two attached hydrogens (primary N) is 1. The Morgan fingerprint density at radius 3 is 2.13 bits per heavy atom. The third kappa shape index (κ3) is 11.9. The summed E-state index contributed by atoms with van der Waals surface area (Å²) in [5.41, 5.74) is 8.20. The van der Waals surface area contributed by atoms with Crippen LogP contribution in [0.2, 0.25) is 5.02 Å². The molecule has 1 atom stereocenters. The maximum absolute atomic E-state index is 14.3. The number of ether oxygens (including phenoxy) is 2. The number of piperazine rings is 1. The zero-order valence-corrected chi connectivity index (χ0v) is 38.5. The first-order valence-electron chi connectivity index (χ1n) is 21.2. The van der Waals surface area contributed by atoms with Gasteiger partial charge in [-0.25, -0.2) is 19.2 Å². The number of halogens is 1. The van der Waals surface area contributed by atoms with Crippen LogP contribution in [0.4, 0.5) is 27.9 Å². The van der Waals surface area contributed by atoms with Crippen molar-refractivity contribution < 1.29 is 42.0 Å². The molecule has 0 spiro atoms. The van der Waals surface area contributed by atoms with Crippen LogP contribution in [0, 0.1) is 22.7 Å². The zero-order chi connectivity index (χ0) is 48.2. The number of hydrogen-bond donors (Lipinski definition) is 2. The first-order valence-corrected chi connectivity index (χ1v) is 23.0. The van der Waals surface area contributed by atoms with Crippen molar-refractivity contribution in [3.05, 3.63) is 136 Å². The summed E-state index contributed by atoms with van der Waals surface area (Å²) in [6.45, 7) is 4.64. The van der Waals surface area contributed by atoms with Gasteiger partial charge in [0.25, 0.3) is 5.95 Å². The highest BCUT2D eigenvalue weighted by Crippen LogP contribution is 2.51. The van der Waals surface area contributed by atoms with Crippen molar-refractivity contribution in [1.29, 1.82) is 10.5 Å². The van der Waals surface area contributed by atoms with Crippen molar-refractivity contribution in [3.63, 3.8) is 0 Å². The number of phosphoric ester groups is 1. The first kappa shape index (κ1) is 48.4. The Bertz CT molecular complexity index is 2840. The van der Waals surface area contributed by atoms with E-state index in [4.69, 9.17) is 40.4 Å². The van der Waals surface area contributed by atoms with Crippen molar-refractivity contribution in [2.24, 2.45) is 5.73 Å². The highest BCUT2D eigenvalue weighted by atomic mass is 35.5. The van der Waals surface area contributed by atoms with E-state index >= 15 is 0 Å². The Balaban J connectivity index is 1.07. The number of amides is 2. The van der Waals surface area contributed by atoms with E-state index in [0.717, 1.165) is 16.0 Å². The molecule has 1 fully saturated rings. The molecule has 6 aromatic rings. The molecule has 68 heavy (non-hydrogen) atoms. The number of phosphoric acid groups is 1. The summed E-state index contributed by atoms with van der Waals surface area (Å²) in [5.74, 6) is -1.25. The average molecular weight is 962 g/mol. The molecular formula is C46H45ClN11O9P. The van der Waals surface area contributed by atoms with Gasteiger partial charge in [0.2, 0.25) is 12.7 Å². The quantitative estimate of drug-likeness (QED) is 0.0476.